The quantitative estimate of drug-likeness (QED) is 0.180. The van der Waals surface area contributed by atoms with Crippen LogP contribution in [0, 0.1) is 0 Å². The zero-order valence-electron chi connectivity index (χ0n) is 16.9. The van der Waals surface area contributed by atoms with E-state index in [9.17, 15) is 24.0 Å². The molecule has 0 spiro atoms. The fourth-order valence-corrected chi connectivity index (χ4v) is 1.21. The second-order valence-electron chi connectivity index (χ2n) is 4.58. The molecular weight excluding hydrogens is 412 g/mol. The number of nitrogens with two attached hydrogens (primary N) is 1. The SMILES string of the molecule is C.CCOC(=O)C(=O)CC(C)=O.CCOC(=O)C(CC(C)=O)=NOC.CON.Cl. The van der Waals surface area contributed by atoms with E-state index in [-0.39, 0.29) is 63.2 Å². The van der Waals surface area contributed by atoms with E-state index in [0.29, 0.717) is 0 Å². The van der Waals surface area contributed by atoms with Gasteiger partial charge in [-0.25, -0.2) is 15.5 Å². The second-order valence-corrected chi connectivity index (χ2v) is 4.58. The summed E-state index contributed by atoms with van der Waals surface area (Å²) in [5.41, 5.74) is -0.00292. The molecule has 0 aliphatic heterocycles. The van der Waals surface area contributed by atoms with Gasteiger partial charge in [-0.3, -0.25) is 14.4 Å². The third-order valence-corrected chi connectivity index (χ3v) is 2.04. The minimum Gasteiger partial charge on any atom is -0.461 e. The molecule has 172 valence electrons. The van der Waals surface area contributed by atoms with Crippen molar-refractivity contribution in [1.29, 1.82) is 0 Å². The van der Waals surface area contributed by atoms with Gasteiger partial charge in [0.15, 0.2) is 5.71 Å². The molecule has 0 aliphatic carbocycles. The molecule has 0 radical (unpaired) electrons. The van der Waals surface area contributed by atoms with E-state index in [1.54, 1.807) is 13.8 Å². The summed E-state index contributed by atoms with van der Waals surface area (Å²) in [6.07, 6.45) is -0.425. The number of hydrogen-bond acceptors (Lipinski definition) is 11. The molecule has 0 aromatic heterocycles. The first-order valence-corrected chi connectivity index (χ1v) is 7.79. The lowest BCUT2D eigenvalue weighted by molar-refractivity contribution is -0.154. The number of ketones is 3. The summed E-state index contributed by atoms with van der Waals surface area (Å²) in [4.78, 5) is 61.5. The molecule has 29 heavy (non-hydrogen) atoms. The average molecular weight is 445 g/mol. The number of nitrogens with zero attached hydrogens (tertiary/aromatic N) is 1. The standard InChI is InChI=1S/C8H13NO4.C7H10O4.CH5NO.CH4.ClH/c1-4-13-8(11)7(9-12-3)5-6(2)10;1-3-11-7(10)6(9)4-5(2)8;1-3-2;;/h4-5H2,1-3H3;3-4H2,1-2H3;2H2,1H3;1H4;1H. The predicted molar refractivity (Wildman–Crippen MR) is 108 cm³/mol. The van der Waals surface area contributed by atoms with Gasteiger partial charge in [0.05, 0.1) is 33.2 Å². The molecule has 0 rings (SSSR count). The molecule has 0 fully saturated rings. The fourth-order valence-electron chi connectivity index (χ4n) is 1.21. The maximum atomic E-state index is 11.1. The zero-order valence-corrected chi connectivity index (χ0v) is 17.8. The number of ether oxygens (including phenoxy) is 2. The normalized spacial score (nSPS) is 8.86. The highest BCUT2D eigenvalue weighted by molar-refractivity contribution is 6.39. The maximum absolute atomic E-state index is 11.1. The van der Waals surface area contributed by atoms with Crippen molar-refractivity contribution < 1.29 is 43.1 Å². The molecule has 0 aromatic carbocycles. The summed E-state index contributed by atoms with van der Waals surface area (Å²) in [6.45, 7) is 6.29. The van der Waals surface area contributed by atoms with Crippen molar-refractivity contribution in [3.63, 3.8) is 0 Å². The second kappa shape index (κ2) is 25.6. The van der Waals surface area contributed by atoms with Gasteiger partial charge >= 0.3 is 11.9 Å². The van der Waals surface area contributed by atoms with Crippen LogP contribution in [0.3, 0.4) is 0 Å². The first-order chi connectivity index (χ1) is 12.6. The highest BCUT2D eigenvalue weighted by atomic mass is 35.5. The summed E-state index contributed by atoms with van der Waals surface area (Å²) in [5, 5.41) is 3.40. The Morgan fingerprint density at radius 3 is 1.52 bits per heavy atom. The zero-order chi connectivity index (χ0) is 21.8. The molecule has 12 heteroatoms. The molecule has 0 saturated carbocycles. The summed E-state index contributed by atoms with van der Waals surface area (Å²) < 4.78 is 9.02. The Kier molecular flexibility index (Phi) is 33.0. The summed E-state index contributed by atoms with van der Waals surface area (Å²) >= 11 is 0. The third-order valence-electron chi connectivity index (χ3n) is 2.04. The van der Waals surface area contributed by atoms with Crippen LogP contribution in [0.4, 0.5) is 0 Å². The van der Waals surface area contributed by atoms with Gasteiger partial charge in [-0.05, 0) is 27.7 Å². The number of carbonyl (C=O) groups is 5. The molecule has 0 aromatic rings. The van der Waals surface area contributed by atoms with E-state index in [2.05, 4.69) is 30.2 Å². The Morgan fingerprint density at radius 1 is 0.828 bits per heavy atom. The Balaban J connectivity index is -0.000000111. The summed E-state index contributed by atoms with van der Waals surface area (Å²) in [5.74, 6) is 1.54. The third kappa shape index (κ3) is 27.9. The maximum Gasteiger partial charge on any atom is 0.375 e. The van der Waals surface area contributed by atoms with Crippen molar-refractivity contribution in [3.05, 3.63) is 0 Å². The molecule has 0 aliphatic rings. The van der Waals surface area contributed by atoms with E-state index in [1.807, 2.05) is 0 Å². The van der Waals surface area contributed by atoms with Gasteiger partial charge in [0, 0.05) is 0 Å². The minimum absolute atomic E-state index is 0. The number of oxime groups is 1. The van der Waals surface area contributed by atoms with Crippen LogP contribution in [0.1, 0.15) is 48.0 Å². The van der Waals surface area contributed by atoms with E-state index in [0.717, 1.165) is 0 Å². The smallest absolute Gasteiger partial charge is 0.375 e. The summed E-state index contributed by atoms with van der Waals surface area (Å²) in [7, 11) is 2.71. The van der Waals surface area contributed by atoms with E-state index in [4.69, 9.17) is 0 Å². The number of esters is 2. The van der Waals surface area contributed by atoms with Gasteiger partial charge in [0.25, 0.3) is 0 Å². The van der Waals surface area contributed by atoms with Gasteiger partial charge < -0.3 is 19.1 Å². The van der Waals surface area contributed by atoms with Crippen LogP contribution in [0.15, 0.2) is 5.16 Å². The first kappa shape index (κ1) is 37.4. The fraction of sp³-hybridized carbons (Fsp3) is 0.647. The van der Waals surface area contributed by atoms with Crippen molar-refractivity contribution >= 4 is 47.4 Å². The molecule has 2 N–H and O–H groups in total. The molecule has 11 nitrogen and oxygen atoms in total. The minimum atomic E-state index is -0.928. The number of Topliss-reactive ketones (excluding diaryl/α,β-unsaturated/α-hetero) is 3. The van der Waals surface area contributed by atoms with Gasteiger partial charge in [0.2, 0.25) is 5.78 Å². The molecule has 0 amide bonds. The van der Waals surface area contributed by atoms with E-state index in [1.165, 1.54) is 28.1 Å². The molecule has 0 bridgehead atoms. The largest absolute Gasteiger partial charge is 0.461 e. The molecule has 0 atom stereocenters. The Bertz CT molecular complexity index is 523. The highest BCUT2D eigenvalue weighted by Gasteiger charge is 2.16. The van der Waals surface area contributed by atoms with Crippen LogP contribution in [-0.4, -0.2) is 62.4 Å². The number of rotatable bonds is 9. The van der Waals surface area contributed by atoms with E-state index >= 15 is 0 Å². The predicted octanol–water partition coefficient (Wildman–Crippen LogP) is 1.19. The van der Waals surface area contributed by atoms with Crippen LogP contribution < -0.4 is 5.90 Å². The first-order valence-electron chi connectivity index (χ1n) is 7.79. The van der Waals surface area contributed by atoms with Gasteiger partial charge in [-0.1, -0.05) is 12.6 Å². The lowest BCUT2D eigenvalue weighted by Crippen LogP contribution is -2.20. The van der Waals surface area contributed by atoms with Crippen molar-refractivity contribution in [2.45, 2.75) is 48.0 Å². The van der Waals surface area contributed by atoms with Crippen molar-refractivity contribution in [3.8, 4) is 0 Å². The van der Waals surface area contributed by atoms with Crippen molar-refractivity contribution in [2.24, 2.45) is 11.1 Å². The van der Waals surface area contributed by atoms with Gasteiger partial charge in [0.1, 0.15) is 18.7 Å². The van der Waals surface area contributed by atoms with Crippen molar-refractivity contribution in [1.82, 2.24) is 0 Å². The van der Waals surface area contributed by atoms with Crippen LogP contribution >= 0.6 is 12.4 Å². The highest BCUT2D eigenvalue weighted by Crippen LogP contribution is 1.94. The van der Waals surface area contributed by atoms with Crippen LogP contribution in [0.2, 0.25) is 0 Å². The van der Waals surface area contributed by atoms with Crippen LogP contribution in [0.5, 0.6) is 0 Å². The molecular formula is C17H33ClN2O9. The molecule has 0 saturated heterocycles. The molecule has 0 unspecified atom stereocenters. The average Bonchev–Trinajstić information content (AvgIpc) is 2.55. The number of halogens is 1. The monoisotopic (exact) mass is 444 g/mol. The Morgan fingerprint density at radius 2 is 1.21 bits per heavy atom. The van der Waals surface area contributed by atoms with Gasteiger partial charge in [-0.2, -0.15) is 0 Å². The lowest BCUT2D eigenvalue weighted by atomic mass is 10.2. The van der Waals surface area contributed by atoms with Crippen LogP contribution in [0.25, 0.3) is 0 Å². The van der Waals surface area contributed by atoms with E-state index < -0.39 is 17.7 Å². The topological polar surface area (TPSA) is 161 Å². The Labute approximate surface area is 177 Å². The van der Waals surface area contributed by atoms with Crippen molar-refractivity contribution in [2.75, 3.05) is 27.4 Å². The van der Waals surface area contributed by atoms with Gasteiger partial charge in [-0.15, -0.1) is 12.4 Å². The summed E-state index contributed by atoms with van der Waals surface area (Å²) in [6, 6.07) is 0. The number of carbonyl (C=O) groups excluding carboxylic acids is 5. The number of hydrogen-bond donors (Lipinski definition) is 1. The Hall–Kier alpha value is -2.37. The van der Waals surface area contributed by atoms with Crippen LogP contribution in [-0.2, 0) is 43.1 Å². The lowest BCUT2D eigenvalue weighted by Gasteiger charge is -2.02. The molecule has 0 heterocycles.